The van der Waals surface area contributed by atoms with Gasteiger partial charge in [0.2, 0.25) is 5.27 Å². The highest BCUT2D eigenvalue weighted by Gasteiger charge is 2.18. The summed E-state index contributed by atoms with van der Waals surface area (Å²) in [5.41, 5.74) is 9.84. The van der Waals surface area contributed by atoms with Crippen molar-refractivity contribution in [3.05, 3.63) is 83.7 Å². The van der Waals surface area contributed by atoms with E-state index in [1.165, 1.54) is 11.1 Å². The van der Waals surface area contributed by atoms with Crippen molar-refractivity contribution in [3.63, 3.8) is 0 Å². The Morgan fingerprint density at radius 2 is 1.43 bits per heavy atom. The second kappa shape index (κ2) is 6.09. The molecular weight excluding hydrogens is 264 g/mol. The Balaban J connectivity index is 1.84. The molecular formula is C16H16N4O. The molecule has 1 aromatic heterocycles. The molecule has 0 atom stereocenters. The van der Waals surface area contributed by atoms with Crippen LogP contribution in [0.5, 0.6) is 0 Å². The van der Waals surface area contributed by atoms with Crippen LogP contribution in [0, 0.1) is 0 Å². The highest BCUT2D eigenvalue weighted by molar-refractivity contribution is 5.21. The summed E-state index contributed by atoms with van der Waals surface area (Å²) in [6, 6.07) is 20.3. The van der Waals surface area contributed by atoms with Crippen LogP contribution in [0.1, 0.15) is 11.1 Å². The minimum absolute atomic E-state index is 0.0427. The fourth-order valence-electron chi connectivity index (χ4n) is 2.16. The van der Waals surface area contributed by atoms with Crippen molar-refractivity contribution >= 4 is 5.88 Å². The number of rotatable bonds is 5. The molecule has 0 saturated carbocycles. The lowest BCUT2D eigenvalue weighted by molar-refractivity contribution is -0.761. The van der Waals surface area contributed by atoms with Gasteiger partial charge in [0.25, 0.3) is 6.20 Å². The van der Waals surface area contributed by atoms with Gasteiger partial charge in [-0.2, -0.15) is 0 Å². The van der Waals surface area contributed by atoms with Gasteiger partial charge in [0.15, 0.2) is 0 Å². The van der Waals surface area contributed by atoms with Crippen LogP contribution in [0.3, 0.4) is 0 Å². The SMILES string of the molecule is [NH-]c1c[n+](N(Cc2ccccc2)Cc2ccccc2)no1. The molecule has 0 aliphatic carbocycles. The maximum atomic E-state index is 7.49. The molecule has 0 spiro atoms. The molecule has 2 aromatic carbocycles. The minimum atomic E-state index is 0.0427. The number of hydrogen-bond acceptors (Lipinski definition) is 3. The van der Waals surface area contributed by atoms with Crippen LogP contribution in [0.15, 0.2) is 71.4 Å². The van der Waals surface area contributed by atoms with E-state index in [9.17, 15) is 0 Å². The normalized spacial score (nSPS) is 10.5. The number of nitrogens with zero attached hydrogens (tertiary/aromatic N) is 3. The molecule has 21 heavy (non-hydrogen) atoms. The second-order valence-electron chi connectivity index (χ2n) is 4.78. The molecule has 0 bridgehead atoms. The van der Waals surface area contributed by atoms with E-state index in [2.05, 4.69) is 29.5 Å². The van der Waals surface area contributed by atoms with Gasteiger partial charge in [-0.1, -0.05) is 60.7 Å². The van der Waals surface area contributed by atoms with Gasteiger partial charge in [0.05, 0.1) is 4.79 Å². The number of aromatic nitrogens is 2. The van der Waals surface area contributed by atoms with Crippen molar-refractivity contribution in [1.29, 1.82) is 0 Å². The molecule has 1 N–H and O–H groups in total. The van der Waals surface area contributed by atoms with Gasteiger partial charge >= 0.3 is 0 Å². The summed E-state index contributed by atoms with van der Waals surface area (Å²) in [5.74, 6) is 0.0427. The Labute approximate surface area is 123 Å². The zero-order valence-corrected chi connectivity index (χ0v) is 11.5. The summed E-state index contributed by atoms with van der Waals surface area (Å²) >= 11 is 0. The van der Waals surface area contributed by atoms with Gasteiger partial charge < -0.3 is 10.3 Å². The van der Waals surface area contributed by atoms with E-state index in [0.29, 0.717) is 13.1 Å². The first-order valence-corrected chi connectivity index (χ1v) is 6.74. The molecule has 106 valence electrons. The Hall–Kier alpha value is -2.82. The molecule has 0 aliphatic heterocycles. The van der Waals surface area contributed by atoms with Gasteiger partial charge in [-0.25, -0.2) is 0 Å². The standard InChI is InChI=1S/C16H16N4O/c17-16-13-20(18-21-16)19(11-14-7-3-1-4-8-14)12-15-9-5-2-6-10-15/h1-10,13,17H,11-12H2. The summed E-state index contributed by atoms with van der Waals surface area (Å²) < 4.78 is 4.86. The van der Waals surface area contributed by atoms with Gasteiger partial charge in [0, 0.05) is 0 Å². The topological polar surface area (TPSA) is 57.0 Å². The number of nitrogens with one attached hydrogen (secondary N) is 1. The third-order valence-corrected chi connectivity index (χ3v) is 3.16. The lowest BCUT2D eigenvalue weighted by Gasteiger charge is -2.14. The van der Waals surface area contributed by atoms with Gasteiger partial charge in [0.1, 0.15) is 19.0 Å². The monoisotopic (exact) mass is 280 g/mol. The first kappa shape index (κ1) is 13.2. The fraction of sp³-hybridized carbons (Fsp3) is 0.125. The quantitative estimate of drug-likeness (QED) is 0.675. The first-order valence-electron chi connectivity index (χ1n) is 6.74. The molecule has 0 unspecified atom stereocenters. The summed E-state index contributed by atoms with van der Waals surface area (Å²) in [7, 11) is 0. The minimum Gasteiger partial charge on any atom is -0.660 e. The highest BCUT2D eigenvalue weighted by atomic mass is 16.5. The zero-order chi connectivity index (χ0) is 14.5. The number of hydrogen-bond donors (Lipinski definition) is 0. The van der Waals surface area contributed by atoms with E-state index in [4.69, 9.17) is 10.3 Å². The van der Waals surface area contributed by atoms with Crippen molar-refractivity contribution in [2.75, 3.05) is 5.01 Å². The average Bonchev–Trinajstić information content (AvgIpc) is 2.95. The second-order valence-corrected chi connectivity index (χ2v) is 4.78. The van der Waals surface area contributed by atoms with E-state index < -0.39 is 0 Å². The van der Waals surface area contributed by atoms with Crippen molar-refractivity contribution in [2.24, 2.45) is 0 Å². The molecule has 3 rings (SSSR count). The molecule has 0 amide bonds. The van der Waals surface area contributed by atoms with Crippen LogP contribution in [-0.2, 0) is 13.1 Å². The van der Waals surface area contributed by atoms with E-state index >= 15 is 0 Å². The average molecular weight is 280 g/mol. The summed E-state index contributed by atoms with van der Waals surface area (Å²) in [5, 5.41) is 5.91. The first-order chi connectivity index (χ1) is 10.3. The largest absolute Gasteiger partial charge is 0.660 e. The molecule has 5 heteroatoms. The maximum Gasteiger partial charge on any atom is 0.256 e. The zero-order valence-electron chi connectivity index (χ0n) is 11.5. The Bertz CT molecular complexity index is 640. The van der Waals surface area contributed by atoms with Gasteiger partial charge in [-0.3, -0.25) is 0 Å². The van der Waals surface area contributed by atoms with Gasteiger partial charge in [-0.15, -0.1) is 5.01 Å². The van der Waals surface area contributed by atoms with Crippen molar-refractivity contribution < 1.29 is 9.31 Å². The third kappa shape index (κ3) is 3.39. The molecule has 1 heterocycles. The molecule has 0 fully saturated rings. The van der Waals surface area contributed by atoms with E-state index in [1.807, 2.05) is 41.4 Å². The molecule has 0 saturated heterocycles. The third-order valence-electron chi connectivity index (χ3n) is 3.16. The maximum absolute atomic E-state index is 7.49. The van der Waals surface area contributed by atoms with Crippen LogP contribution in [0.25, 0.3) is 5.73 Å². The van der Waals surface area contributed by atoms with Crippen molar-refractivity contribution in [2.45, 2.75) is 13.1 Å². The Morgan fingerprint density at radius 3 is 1.86 bits per heavy atom. The smallest absolute Gasteiger partial charge is 0.256 e. The predicted octanol–water partition coefficient (Wildman–Crippen LogP) is 2.98. The fourth-order valence-corrected chi connectivity index (χ4v) is 2.16. The van der Waals surface area contributed by atoms with E-state index in [-0.39, 0.29) is 5.88 Å². The van der Waals surface area contributed by atoms with Gasteiger partial charge in [-0.05, 0) is 11.1 Å². The lowest BCUT2D eigenvalue weighted by atomic mass is 10.2. The predicted molar refractivity (Wildman–Crippen MR) is 79.2 cm³/mol. The van der Waals surface area contributed by atoms with Crippen LogP contribution >= 0.6 is 0 Å². The number of benzene rings is 2. The van der Waals surface area contributed by atoms with Crippen molar-refractivity contribution in [3.8, 4) is 0 Å². The molecule has 0 radical (unpaired) electrons. The van der Waals surface area contributed by atoms with Crippen LogP contribution in [-0.4, -0.2) is 5.27 Å². The lowest BCUT2D eigenvalue weighted by Crippen LogP contribution is -2.57. The molecule has 5 nitrogen and oxygen atoms in total. The van der Waals surface area contributed by atoms with Crippen LogP contribution in [0.4, 0.5) is 5.88 Å². The van der Waals surface area contributed by atoms with Crippen LogP contribution in [0.2, 0.25) is 0 Å². The van der Waals surface area contributed by atoms with Crippen molar-refractivity contribution in [1.82, 2.24) is 5.27 Å². The summed E-state index contributed by atoms with van der Waals surface area (Å²) in [6.45, 7) is 1.37. The van der Waals surface area contributed by atoms with Crippen LogP contribution < -0.4 is 9.80 Å². The van der Waals surface area contributed by atoms with E-state index in [1.54, 1.807) is 11.0 Å². The Morgan fingerprint density at radius 1 is 0.905 bits per heavy atom. The Kier molecular flexibility index (Phi) is 3.82. The van der Waals surface area contributed by atoms with E-state index in [0.717, 1.165) is 0 Å². The summed E-state index contributed by atoms with van der Waals surface area (Å²) in [6.07, 6.45) is 1.56. The summed E-state index contributed by atoms with van der Waals surface area (Å²) in [4.78, 5) is 1.59. The molecule has 0 aliphatic rings. The highest BCUT2D eigenvalue weighted by Crippen LogP contribution is 2.08. The molecule has 3 aromatic rings.